The molecule has 0 aliphatic heterocycles. The van der Waals surface area contributed by atoms with E-state index in [1.165, 1.54) is 17.5 Å². The first kappa shape index (κ1) is 15.5. The third-order valence-electron chi connectivity index (χ3n) is 4.06. The fourth-order valence-corrected chi connectivity index (χ4v) is 2.57. The lowest BCUT2D eigenvalue weighted by Crippen LogP contribution is -2.26. The summed E-state index contributed by atoms with van der Waals surface area (Å²) < 4.78 is 0. The molecule has 2 aromatic rings. The van der Waals surface area contributed by atoms with E-state index in [1.807, 2.05) is 0 Å². The molecule has 5 heteroatoms. The van der Waals surface area contributed by atoms with Crippen molar-refractivity contribution >= 4 is 17.4 Å². The average Bonchev–Trinajstić information content (AvgIpc) is 3.39. The molecule has 1 fully saturated rings. The van der Waals surface area contributed by atoms with Gasteiger partial charge in [-0.25, -0.2) is 9.97 Å². The van der Waals surface area contributed by atoms with Gasteiger partial charge in [-0.05, 0) is 36.8 Å². The number of anilines is 2. The Morgan fingerprint density at radius 3 is 2.48 bits per heavy atom. The van der Waals surface area contributed by atoms with Crippen molar-refractivity contribution in [3.05, 3.63) is 47.4 Å². The van der Waals surface area contributed by atoms with E-state index in [1.54, 1.807) is 6.07 Å². The number of aryl methyl sites for hydroxylation is 2. The lowest BCUT2D eigenvalue weighted by Gasteiger charge is -2.15. The molecule has 23 heavy (non-hydrogen) atoms. The average molecular weight is 310 g/mol. The molecule has 2 N–H and O–H groups in total. The highest BCUT2D eigenvalue weighted by atomic mass is 16.2. The van der Waals surface area contributed by atoms with Gasteiger partial charge in [-0.2, -0.15) is 0 Å². The van der Waals surface area contributed by atoms with Crippen LogP contribution in [0.1, 0.15) is 48.3 Å². The van der Waals surface area contributed by atoms with Gasteiger partial charge in [0, 0.05) is 17.8 Å². The maximum Gasteiger partial charge on any atom is 0.270 e. The Morgan fingerprint density at radius 2 is 1.87 bits per heavy atom. The number of carbonyl (C=O) groups is 1. The van der Waals surface area contributed by atoms with Gasteiger partial charge >= 0.3 is 0 Å². The normalized spacial score (nSPS) is 13.7. The summed E-state index contributed by atoms with van der Waals surface area (Å²) in [6, 6.07) is 8.34. The SMILES string of the molecule is CCc1cccc(CC)c1Nc1cc(C(=O)NC2CC2)ncn1. The summed E-state index contributed by atoms with van der Waals surface area (Å²) in [7, 11) is 0. The fourth-order valence-electron chi connectivity index (χ4n) is 2.57. The number of aromatic nitrogens is 2. The van der Waals surface area contributed by atoms with Crippen LogP contribution in [0, 0.1) is 0 Å². The molecule has 0 radical (unpaired) electrons. The molecule has 1 heterocycles. The van der Waals surface area contributed by atoms with Gasteiger partial charge in [0.1, 0.15) is 17.8 Å². The van der Waals surface area contributed by atoms with E-state index >= 15 is 0 Å². The highest BCUT2D eigenvalue weighted by molar-refractivity contribution is 5.93. The van der Waals surface area contributed by atoms with Crippen LogP contribution < -0.4 is 10.6 Å². The molecule has 120 valence electrons. The monoisotopic (exact) mass is 310 g/mol. The van der Waals surface area contributed by atoms with E-state index < -0.39 is 0 Å². The predicted molar refractivity (Wildman–Crippen MR) is 91.0 cm³/mol. The highest BCUT2D eigenvalue weighted by Gasteiger charge is 2.24. The second kappa shape index (κ2) is 6.77. The van der Waals surface area contributed by atoms with Crippen LogP contribution in [-0.2, 0) is 12.8 Å². The molecule has 1 saturated carbocycles. The van der Waals surface area contributed by atoms with Gasteiger partial charge < -0.3 is 10.6 Å². The molecule has 0 spiro atoms. The number of hydrogen-bond acceptors (Lipinski definition) is 4. The lowest BCUT2D eigenvalue weighted by molar-refractivity contribution is 0.0946. The largest absolute Gasteiger partial charge is 0.348 e. The first-order chi connectivity index (χ1) is 11.2. The van der Waals surface area contributed by atoms with Crippen molar-refractivity contribution in [1.82, 2.24) is 15.3 Å². The first-order valence-electron chi connectivity index (χ1n) is 8.22. The summed E-state index contributed by atoms with van der Waals surface area (Å²) in [5, 5.41) is 6.33. The van der Waals surface area contributed by atoms with Gasteiger partial charge in [0.15, 0.2) is 0 Å². The lowest BCUT2D eigenvalue weighted by atomic mass is 10.0. The molecule has 0 atom stereocenters. The van der Waals surface area contributed by atoms with Gasteiger partial charge in [0.05, 0.1) is 0 Å². The quantitative estimate of drug-likeness (QED) is 0.859. The minimum Gasteiger partial charge on any atom is -0.348 e. The van der Waals surface area contributed by atoms with Crippen LogP contribution in [0.15, 0.2) is 30.6 Å². The smallest absolute Gasteiger partial charge is 0.270 e. The second-order valence-electron chi connectivity index (χ2n) is 5.82. The van der Waals surface area contributed by atoms with E-state index in [0.717, 1.165) is 31.4 Å². The summed E-state index contributed by atoms with van der Waals surface area (Å²) in [4.78, 5) is 20.5. The summed E-state index contributed by atoms with van der Waals surface area (Å²) in [6.07, 6.45) is 5.44. The minimum atomic E-state index is -0.127. The number of carbonyl (C=O) groups excluding carboxylic acids is 1. The zero-order valence-electron chi connectivity index (χ0n) is 13.6. The van der Waals surface area contributed by atoms with Crippen LogP contribution in [0.2, 0.25) is 0 Å². The molecule has 5 nitrogen and oxygen atoms in total. The Kier molecular flexibility index (Phi) is 4.55. The van der Waals surface area contributed by atoms with Crippen LogP contribution >= 0.6 is 0 Å². The summed E-state index contributed by atoms with van der Waals surface area (Å²) in [5.74, 6) is 0.522. The summed E-state index contributed by atoms with van der Waals surface area (Å²) in [6.45, 7) is 4.27. The van der Waals surface area contributed by atoms with E-state index in [4.69, 9.17) is 0 Å². The first-order valence-corrected chi connectivity index (χ1v) is 8.22. The van der Waals surface area contributed by atoms with Gasteiger partial charge in [0.25, 0.3) is 5.91 Å². The Bertz CT molecular complexity index is 688. The van der Waals surface area contributed by atoms with Crippen LogP contribution in [0.5, 0.6) is 0 Å². The van der Waals surface area contributed by atoms with E-state index in [-0.39, 0.29) is 5.91 Å². The molecule has 0 unspecified atom stereocenters. The van der Waals surface area contributed by atoms with Crippen molar-refractivity contribution in [2.45, 2.75) is 45.6 Å². The van der Waals surface area contributed by atoms with Crippen molar-refractivity contribution in [3.8, 4) is 0 Å². The van der Waals surface area contributed by atoms with Crippen molar-refractivity contribution < 1.29 is 4.79 Å². The molecule has 1 amide bonds. The minimum absolute atomic E-state index is 0.127. The Balaban J connectivity index is 1.84. The number of rotatable bonds is 6. The number of nitrogens with one attached hydrogen (secondary N) is 2. The third kappa shape index (κ3) is 3.67. The summed E-state index contributed by atoms with van der Waals surface area (Å²) >= 11 is 0. The number of para-hydroxylation sites is 1. The molecular formula is C18H22N4O. The molecular weight excluding hydrogens is 288 g/mol. The zero-order valence-corrected chi connectivity index (χ0v) is 13.6. The van der Waals surface area contributed by atoms with Crippen molar-refractivity contribution in [3.63, 3.8) is 0 Å². The van der Waals surface area contributed by atoms with Crippen molar-refractivity contribution in [2.24, 2.45) is 0 Å². The fraction of sp³-hybridized carbons (Fsp3) is 0.389. The number of nitrogens with zero attached hydrogens (tertiary/aromatic N) is 2. The molecule has 1 aromatic heterocycles. The molecule has 1 aliphatic carbocycles. The van der Waals surface area contributed by atoms with Gasteiger partial charge in [-0.15, -0.1) is 0 Å². The Hall–Kier alpha value is -2.43. The van der Waals surface area contributed by atoms with Crippen molar-refractivity contribution in [2.75, 3.05) is 5.32 Å². The number of hydrogen-bond donors (Lipinski definition) is 2. The van der Waals surface area contributed by atoms with Crippen LogP contribution in [0.3, 0.4) is 0 Å². The highest BCUT2D eigenvalue weighted by Crippen LogP contribution is 2.26. The number of benzene rings is 1. The topological polar surface area (TPSA) is 66.9 Å². The van der Waals surface area contributed by atoms with Crippen LogP contribution in [-0.4, -0.2) is 21.9 Å². The third-order valence-corrected chi connectivity index (χ3v) is 4.06. The summed E-state index contributed by atoms with van der Waals surface area (Å²) in [5.41, 5.74) is 3.98. The standard InChI is InChI=1S/C18H22N4O/c1-3-12-6-5-7-13(4-2)17(12)22-16-10-15(19-11-20-16)18(23)21-14-8-9-14/h5-7,10-11,14H,3-4,8-9H2,1-2H3,(H,21,23)(H,19,20,22). The molecule has 0 saturated heterocycles. The van der Waals surface area contributed by atoms with Gasteiger partial charge in [-0.1, -0.05) is 32.0 Å². The predicted octanol–water partition coefficient (Wildman–Crippen LogP) is 3.24. The maximum atomic E-state index is 12.1. The van der Waals surface area contributed by atoms with Crippen LogP contribution in [0.4, 0.5) is 11.5 Å². The molecule has 1 aromatic carbocycles. The second-order valence-corrected chi connectivity index (χ2v) is 5.82. The van der Waals surface area contributed by atoms with Crippen molar-refractivity contribution in [1.29, 1.82) is 0 Å². The Morgan fingerprint density at radius 1 is 1.17 bits per heavy atom. The molecule has 0 bridgehead atoms. The van der Waals surface area contributed by atoms with Gasteiger partial charge in [0.2, 0.25) is 0 Å². The van der Waals surface area contributed by atoms with E-state index in [0.29, 0.717) is 17.6 Å². The molecule has 3 rings (SSSR count). The molecule has 1 aliphatic rings. The van der Waals surface area contributed by atoms with E-state index in [2.05, 4.69) is 52.6 Å². The maximum absolute atomic E-state index is 12.1. The Labute approximate surface area is 136 Å². The zero-order chi connectivity index (χ0) is 16.2. The van der Waals surface area contributed by atoms with Crippen LogP contribution in [0.25, 0.3) is 0 Å². The van der Waals surface area contributed by atoms with Gasteiger partial charge in [-0.3, -0.25) is 4.79 Å². The number of amides is 1. The van der Waals surface area contributed by atoms with E-state index in [9.17, 15) is 4.79 Å².